The Balaban J connectivity index is 3.31. The number of halogens is 1. The maximum absolute atomic E-state index is 11.0. The van der Waals surface area contributed by atoms with Gasteiger partial charge in [-0.05, 0) is 19.1 Å². The Morgan fingerprint density at radius 1 is 1.54 bits per heavy atom. The molecule has 0 aromatic heterocycles. The molecule has 0 bridgehead atoms. The molecule has 0 saturated carbocycles. The summed E-state index contributed by atoms with van der Waals surface area (Å²) >= 11 is 5.72. The van der Waals surface area contributed by atoms with Gasteiger partial charge in [-0.3, -0.25) is 4.79 Å². The van der Waals surface area contributed by atoms with Gasteiger partial charge < -0.3 is 9.84 Å². The Kier molecular flexibility index (Phi) is 2.78. The molecule has 0 unspecified atom stereocenters. The van der Waals surface area contributed by atoms with Crippen molar-refractivity contribution < 1.29 is 14.6 Å². The van der Waals surface area contributed by atoms with Gasteiger partial charge in [0.15, 0.2) is 17.3 Å². The van der Waals surface area contributed by atoms with E-state index in [4.69, 9.17) is 16.3 Å². The summed E-state index contributed by atoms with van der Waals surface area (Å²) < 4.78 is 4.81. The number of phenolic OH excluding ortho intramolecular Hbond substituents is 1. The molecule has 0 heterocycles. The quantitative estimate of drug-likeness (QED) is 0.745. The molecular formula is C9H9ClO3. The van der Waals surface area contributed by atoms with Crippen LogP contribution in [0.1, 0.15) is 17.3 Å². The summed E-state index contributed by atoms with van der Waals surface area (Å²) in [5.74, 6) is -0.130. The normalized spacial score (nSPS) is 9.77. The highest BCUT2D eigenvalue weighted by Gasteiger charge is 2.13. The molecule has 1 aromatic carbocycles. The fraction of sp³-hybridized carbons (Fsp3) is 0.222. The predicted molar refractivity (Wildman–Crippen MR) is 49.7 cm³/mol. The Hall–Kier alpha value is -1.22. The van der Waals surface area contributed by atoms with Crippen LogP contribution in [0, 0.1) is 0 Å². The van der Waals surface area contributed by atoms with Gasteiger partial charge in [-0.1, -0.05) is 11.6 Å². The molecule has 4 heteroatoms. The molecule has 1 rings (SSSR count). The van der Waals surface area contributed by atoms with E-state index in [1.165, 1.54) is 26.2 Å². The van der Waals surface area contributed by atoms with Crippen molar-refractivity contribution in [3.63, 3.8) is 0 Å². The highest BCUT2D eigenvalue weighted by atomic mass is 35.5. The van der Waals surface area contributed by atoms with Gasteiger partial charge >= 0.3 is 0 Å². The van der Waals surface area contributed by atoms with Gasteiger partial charge in [-0.2, -0.15) is 0 Å². The third-order valence-corrected chi connectivity index (χ3v) is 2.06. The van der Waals surface area contributed by atoms with Crippen LogP contribution in [0.5, 0.6) is 11.5 Å². The maximum atomic E-state index is 11.0. The lowest BCUT2D eigenvalue weighted by Gasteiger charge is -2.06. The fourth-order valence-electron chi connectivity index (χ4n) is 0.983. The van der Waals surface area contributed by atoms with Crippen LogP contribution in [0.3, 0.4) is 0 Å². The zero-order valence-electron chi connectivity index (χ0n) is 7.30. The third kappa shape index (κ3) is 1.75. The van der Waals surface area contributed by atoms with E-state index < -0.39 is 0 Å². The molecule has 13 heavy (non-hydrogen) atoms. The van der Waals surface area contributed by atoms with Crippen molar-refractivity contribution in [2.45, 2.75) is 6.92 Å². The van der Waals surface area contributed by atoms with E-state index >= 15 is 0 Å². The van der Waals surface area contributed by atoms with Crippen LogP contribution < -0.4 is 4.74 Å². The zero-order chi connectivity index (χ0) is 10.0. The van der Waals surface area contributed by atoms with Gasteiger partial charge in [0.05, 0.1) is 12.1 Å². The highest BCUT2D eigenvalue weighted by Crippen LogP contribution is 2.36. The summed E-state index contributed by atoms with van der Waals surface area (Å²) in [6, 6.07) is 3.02. The molecule has 1 aromatic rings. The molecule has 0 aliphatic heterocycles. The van der Waals surface area contributed by atoms with E-state index in [1.807, 2.05) is 0 Å². The topological polar surface area (TPSA) is 46.5 Å². The molecule has 70 valence electrons. The summed E-state index contributed by atoms with van der Waals surface area (Å²) in [6.45, 7) is 1.38. The fourth-order valence-corrected chi connectivity index (χ4v) is 1.27. The molecule has 0 aliphatic carbocycles. The zero-order valence-corrected chi connectivity index (χ0v) is 8.05. The van der Waals surface area contributed by atoms with E-state index in [9.17, 15) is 9.90 Å². The van der Waals surface area contributed by atoms with Crippen molar-refractivity contribution in [1.29, 1.82) is 0 Å². The van der Waals surface area contributed by atoms with E-state index in [0.29, 0.717) is 5.56 Å². The smallest absolute Gasteiger partial charge is 0.177 e. The molecule has 0 spiro atoms. The first-order chi connectivity index (χ1) is 6.07. The average Bonchev–Trinajstić information content (AvgIpc) is 2.09. The minimum absolute atomic E-state index is 0.0341. The van der Waals surface area contributed by atoms with Crippen LogP contribution in [0.2, 0.25) is 5.02 Å². The second-order valence-corrected chi connectivity index (χ2v) is 2.91. The van der Waals surface area contributed by atoms with E-state index in [-0.39, 0.29) is 22.3 Å². The molecule has 0 radical (unpaired) electrons. The first kappa shape index (κ1) is 9.86. The van der Waals surface area contributed by atoms with Crippen LogP contribution in [-0.4, -0.2) is 18.0 Å². The largest absolute Gasteiger partial charge is 0.503 e. The number of carbonyl (C=O) groups excluding carboxylic acids is 1. The minimum Gasteiger partial charge on any atom is -0.503 e. The SMILES string of the molecule is COc1ccc(C(C)=O)c(Cl)c1O. The number of carbonyl (C=O) groups is 1. The van der Waals surface area contributed by atoms with Gasteiger partial charge in [0.2, 0.25) is 0 Å². The molecule has 0 atom stereocenters. The molecule has 0 aliphatic rings. The van der Waals surface area contributed by atoms with Gasteiger partial charge in [0.25, 0.3) is 0 Å². The lowest BCUT2D eigenvalue weighted by Crippen LogP contribution is -1.94. The monoisotopic (exact) mass is 200 g/mol. The lowest BCUT2D eigenvalue weighted by atomic mass is 10.1. The Morgan fingerprint density at radius 2 is 2.15 bits per heavy atom. The molecule has 0 amide bonds. The van der Waals surface area contributed by atoms with Crippen molar-refractivity contribution in [3.05, 3.63) is 22.7 Å². The van der Waals surface area contributed by atoms with Gasteiger partial charge in [-0.25, -0.2) is 0 Å². The first-order valence-corrected chi connectivity index (χ1v) is 4.02. The standard InChI is InChI=1S/C9H9ClO3/c1-5(11)6-3-4-7(13-2)9(12)8(6)10/h3-4,12H,1-2H3. The second-order valence-electron chi connectivity index (χ2n) is 2.53. The van der Waals surface area contributed by atoms with Crippen molar-refractivity contribution in [2.75, 3.05) is 7.11 Å². The lowest BCUT2D eigenvalue weighted by molar-refractivity contribution is 0.101. The number of hydrogen-bond acceptors (Lipinski definition) is 3. The molecule has 1 N–H and O–H groups in total. The maximum Gasteiger partial charge on any atom is 0.177 e. The van der Waals surface area contributed by atoms with Crippen LogP contribution in [0.15, 0.2) is 12.1 Å². The summed E-state index contributed by atoms with van der Waals surface area (Å²) in [7, 11) is 1.42. The summed E-state index contributed by atoms with van der Waals surface area (Å²) in [4.78, 5) is 11.0. The number of rotatable bonds is 2. The first-order valence-electron chi connectivity index (χ1n) is 3.64. The summed E-state index contributed by atoms with van der Waals surface area (Å²) in [5.41, 5.74) is 0.292. The number of phenols is 1. The van der Waals surface area contributed by atoms with Crippen molar-refractivity contribution in [3.8, 4) is 11.5 Å². The number of hydrogen-bond donors (Lipinski definition) is 1. The number of ether oxygens (including phenoxy) is 1. The number of ketones is 1. The average molecular weight is 201 g/mol. The van der Waals surface area contributed by atoms with Crippen molar-refractivity contribution in [2.24, 2.45) is 0 Å². The van der Waals surface area contributed by atoms with Crippen LogP contribution >= 0.6 is 11.6 Å². The van der Waals surface area contributed by atoms with Crippen LogP contribution in [0.4, 0.5) is 0 Å². The highest BCUT2D eigenvalue weighted by molar-refractivity contribution is 6.35. The van der Waals surface area contributed by atoms with Crippen LogP contribution in [-0.2, 0) is 0 Å². The minimum atomic E-state index is -0.197. The summed E-state index contributed by atoms with van der Waals surface area (Å²) in [5, 5.41) is 9.45. The van der Waals surface area contributed by atoms with E-state index in [1.54, 1.807) is 0 Å². The third-order valence-electron chi connectivity index (χ3n) is 1.68. The number of methoxy groups -OCH3 is 1. The number of Topliss-reactive ketones (excluding diaryl/α,β-unsaturated/α-hetero) is 1. The van der Waals surface area contributed by atoms with Gasteiger partial charge in [0, 0.05) is 5.56 Å². The number of aromatic hydroxyl groups is 1. The second kappa shape index (κ2) is 3.66. The van der Waals surface area contributed by atoms with E-state index in [2.05, 4.69) is 0 Å². The van der Waals surface area contributed by atoms with Gasteiger partial charge in [-0.15, -0.1) is 0 Å². The Bertz CT molecular complexity index is 347. The Morgan fingerprint density at radius 3 is 2.62 bits per heavy atom. The molecule has 0 saturated heterocycles. The predicted octanol–water partition coefficient (Wildman–Crippen LogP) is 2.26. The van der Waals surface area contributed by atoms with Crippen molar-refractivity contribution in [1.82, 2.24) is 0 Å². The molecule has 0 fully saturated rings. The number of benzene rings is 1. The molecule has 3 nitrogen and oxygen atoms in total. The molecular weight excluding hydrogens is 192 g/mol. The summed E-state index contributed by atoms with van der Waals surface area (Å²) in [6.07, 6.45) is 0. The van der Waals surface area contributed by atoms with Crippen LogP contribution in [0.25, 0.3) is 0 Å². The van der Waals surface area contributed by atoms with Crippen molar-refractivity contribution >= 4 is 17.4 Å². The van der Waals surface area contributed by atoms with E-state index in [0.717, 1.165) is 0 Å². The van der Waals surface area contributed by atoms with Gasteiger partial charge in [0.1, 0.15) is 0 Å². The Labute approximate surface area is 80.9 Å².